The Hall–Kier alpha value is -1.39. The molecule has 1 aromatic carbocycles. The molecule has 0 aliphatic rings. The van der Waals surface area contributed by atoms with Crippen LogP contribution in [-0.4, -0.2) is 19.1 Å². The van der Waals surface area contributed by atoms with E-state index >= 15 is 0 Å². The van der Waals surface area contributed by atoms with Crippen molar-refractivity contribution in [2.24, 2.45) is 5.73 Å². The quantitative estimate of drug-likeness (QED) is 0.674. The second kappa shape index (κ2) is 5.36. The molecule has 0 heterocycles. The van der Waals surface area contributed by atoms with Crippen LogP contribution in [0.4, 0.5) is 0 Å². The molecule has 0 spiro atoms. The molecular weight excluding hydrogens is 180 g/mol. The molecule has 0 unspecified atom stereocenters. The van der Waals surface area contributed by atoms with E-state index in [0.29, 0.717) is 6.42 Å². The number of carbonyl (C=O) groups excluding carboxylic acids is 1. The molecule has 76 valence electrons. The fraction of sp³-hybridized carbons (Fsp3) is 0.300. The summed E-state index contributed by atoms with van der Waals surface area (Å²) in [4.78, 5) is 15.7. The van der Waals surface area contributed by atoms with Crippen molar-refractivity contribution in [3.8, 4) is 0 Å². The van der Waals surface area contributed by atoms with Crippen molar-refractivity contribution in [1.29, 1.82) is 0 Å². The fourth-order valence-corrected chi connectivity index (χ4v) is 1.14. The average Bonchev–Trinajstić information content (AvgIpc) is 2.19. The third-order valence-electron chi connectivity index (χ3n) is 1.84. The number of nitrogens with one attached hydrogen (secondary N) is 1. The largest absolute Gasteiger partial charge is 0.320 e. The maximum atomic E-state index is 11.2. The number of amides is 1. The number of carbonyl (C=O) groups is 1. The molecule has 0 aliphatic heterocycles. The van der Waals surface area contributed by atoms with Gasteiger partial charge in [0.1, 0.15) is 0 Å². The third kappa shape index (κ3) is 3.16. The highest BCUT2D eigenvalue weighted by molar-refractivity contribution is 5.80. The van der Waals surface area contributed by atoms with Crippen molar-refractivity contribution in [3.63, 3.8) is 0 Å². The van der Waals surface area contributed by atoms with Gasteiger partial charge in [0.2, 0.25) is 0 Å². The number of hydroxylamine groups is 1. The maximum Gasteiger partial charge on any atom is 0.260 e. The lowest BCUT2D eigenvalue weighted by atomic mass is 10.1. The summed E-state index contributed by atoms with van der Waals surface area (Å²) in [5.74, 6) is -0.309. The number of benzene rings is 1. The molecule has 0 radical (unpaired) electrons. The van der Waals surface area contributed by atoms with Crippen molar-refractivity contribution < 1.29 is 9.63 Å². The van der Waals surface area contributed by atoms with Crippen LogP contribution in [0.5, 0.6) is 0 Å². The molecule has 1 aromatic rings. The molecule has 0 aromatic heterocycles. The molecule has 14 heavy (non-hydrogen) atoms. The predicted octanol–water partition coefficient (Wildman–Crippen LogP) is 0.234. The van der Waals surface area contributed by atoms with Crippen molar-refractivity contribution >= 4 is 5.91 Å². The summed E-state index contributed by atoms with van der Waals surface area (Å²) in [6, 6.07) is 9.04. The smallest absolute Gasteiger partial charge is 0.260 e. The molecule has 0 bridgehead atoms. The molecule has 4 heteroatoms. The van der Waals surface area contributed by atoms with E-state index in [2.05, 4.69) is 10.3 Å². The summed E-state index contributed by atoms with van der Waals surface area (Å²) in [5.41, 5.74) is 8.88. The summed E-state index contributed by atoms with van der Waals surface area (Å²) in [5, 5.41) is 0. The molecule has 0 saturated heterocycles. The Morgan fingerprint density at radius 3 is 2.71 bits per heavy atom. The topological polar surface area (TPSA) is 64.3 Å². The Morgan fingerprint density at radius 2 is 2.14 bits per heavy atom. The Labute approximate surface area is 83.0 Å². The van der Waals surface area contributed by atoms with Gasteiger partial charge >= 0.3 is 0 Å². The molecule has 0 fully saturated rings. The lowest BCUT2D eigenvalue weighted by Crippen LogP contribution is -2.41. The number of hydrogen-bond acceptors (Lipinski definition) is 3. The van der Waals surface area contributed by atoms with Gasteiger partial charge in [0, 0.05) is 0 Å². The predicted molar refractivity (Wildman–Crippen MR) is 53.3 cm³/mol. The summed E-state index contributed by atoms with van der Waals surface area (Å²) in [7, 11) is 1.38. The van der Waals surface area contributed by atoms with Crippen molar-refractivity contribution in [1.82, 2.24) is 5.48 Å². The number of hydrogen-bond donors (Lipinski definition) is 2. The minimum absolute atomic E-state index is 0.309. The van der Waals surface area contributed by atoms with E-state index in [9.17, 15) is 4.79 Å². The van der Waals surface area contributed by atoms with Crippen LogP contribution in [-0.2, 0) is 16.1 Å². The van der Waals surface area contributed by atoms with Gasteiger partial charge in [-0.05, 0) is 12.0 Å². The number of nitrogens with two attached hydrogens (primary N) is 1. The Morgan fingerprint density at radius 1 is 1.50 bits per heavy atom. The highest BCUT2D eigenvalue weighted by Crippen LogP contribution is 2.01. The molecule has 0 aliphatic carbocycles. The van der Waals surface area contributed by atoms with Gasteiger partial charge in [0.05, 0.1) is 13.2 Å². The van der Waals surface area contributed by atoms with Crippen LogP contribution >= 0.6 is 0 Å². The van der Waals surface area contributed by atoms with Gasteiger partial charge in [0.15, 0.2) is 0 Å². The van der Waals surface area contributed by atoms with E-state index in [1.54, 1.807) is 0 Å². The fourth-order valence-electron chi connectivity index (χ4n) is 1.14. The zero-order chi connectivity index (χ0) is 10.4. The molecule has 1 rings (SSSR count). The van der Waals surface area contributed by atoms with Crippen LogP contribution in [0.2, 0.25) is 0 Å². The van der Waals surface area contributed by atoms with Gasteiger partial charge in [-0.1, -0.05) is 30.3 Å². The molecule has 1 atom stereocenters. The van der Waals surface area contributed by atoms with Crippen LogP contribution in [0.3, 0.4) is 0 Å². The summed E-state index contributed by atoms with van der Waals surface area (Å²) in [6.07, 6.45) is 0.510. The first-order chi connectivity index (χ1) is 6.74. The second-order valence-corrected chi connectivity index (χ2v) is 2.97. The average molecular weight is 194 g/mol. The van der Waals surface area contributed by atoms with Gasteiger partial charge in [-0.3, -0.25) is 9.63 Å². The lowest BCUT2D eigenvalue weighted by Gasteiger charge is -2.10. The van der Waals surface area contributed by atoms with Crippen molar-refractivity contribution in [2.75, 3.05) is 7.11 Å². The van der Waals surface area contributed by atoms with Gasteiger partial charge in [-0.2, -0.15) is 0 Å². The van der Waals surface area contributed by atoms with Crippen molar-refractivity contribution in [3.05, 3.63) is 35.9 Å². The molecule has 0 saturated carbocycles. The van der Waals surface area contributed by atoms with E-state index < -0.39 is 6.04 Å². The van der Waals surface area contributed by atoms with E-state index in [4.69, 9.17) is 5.73 Å². The Bertz CT molecular complexity index is 287. The highest BCUT2D eigenvalue weighted by atomic mass is 16.6. The van der Waals surface area contributed by atoms with Crippen molar-refractivity contribution in [2.45, 2.75) is 12.5 Å². The first-order valence-corrected chi connectivity index (χ1v) is 4.36. The zero-order valence-corrected chi connectivity index (χ0v) is 8.07. The monoisotopic (exact) mass is 194 g/mol. The number of rotatable bonds is 4. The Kier molecular flexibility index (Phi) is 4.10. The second-order valence-electron chi connectivity index (χ2n) is 2.97. The van der Waals surface area contributed by atoms with Gasteiger partial charge in [0.25, 0.3) is 5.91 Å². The molecule has 1 amide bonds. The first kappa shape index (κ1) is 10.7. The van der Waals surface area contributed by atoms with E-state index in [-0.39, 0.29) is 5.91 Å². The van der Waals surface area contributed by atoms with Crippen LogP contribution in [0.15, 0.2) is 30.3 Å². The van der Waals surface area contributed by atoms with Crippen LogP contribution in [0.25, 0.3) is 0 Å². The van der Waals surface area contributed by atoms with Gasteiger partial charge in [-0.25, -0.2) is 5.48 Å². The van der Waals surface area contributed by atoms with Gasteiger partial charge in [-0.15, -0.1) is 0 Å². The third-order valence-corrected chi connectivity index (χ3v) is 1.84. The van der Waals surface area contributed by atoms with E-state index in [1.807, 2.05) is 30.3 Å². The summed E-state index contributed by atoms with van der Waals surface area (Å²) in [6.45, 7) is 0. The van der Waals surface area contributed by atoms with Crippen LogP contribution in [0, 0.1) is 0 Å². The lowest BCUT2D eigenvalue weighted by molar-refractivity contribution is -0.132. The van der Waals surface area contributed by atoms with Gasteiger partial charge < -0.3 is 5.73 Å². The Balaban J connectivity index is 2.49. The minimum atomic E-state index is -0.572. The van der Waals surface area contributed by atoms with Crippen LogP contribution < -0.4 is 11.2 Å². The summed E-state index contributed by atoms with van der Waals surface area (Å²) >= 11 is 0. The van der Waals surface area contributed by atoms with E-state index in [0.717, 1.165) is 5.56 Å². The highest BCUT2D eigenvalue weighted by Gasteiger charge is 2.12. The van der Waals surface area contributed by atoms with Crippen LogP contribution in [0.1, 0.15) is 5.56 Å². The molecular formula is C10H14N2O2. The molecule has 3 N–H and O–H groups in total. The normalized spacial score (nSPS) is 12.1. The SMILES string of the molecule is CONC(=O)[C@@H](N)Cc1ccccc1. The van der Waals surface area contributed by atoms with E-state index in [1.165, 1.54) is 7.11 Å². The first-order valence-electron chi connectivity index (χ1n) is 4.36. The maximum absolute atomic E-state index is 11.2. The zero-order valence-electron chi connectivity index (χ0n) is 8.07. The minimum Gasteiger partial charge on any atom is -0.320 e. The molecule has 4 nitrogen and oxygen atoms in total. The standard InChI is InChI=1S/C10H14N2O2/c1-14-12-10(13)9(11)7-8-5-3-2-4-6-8/h2-6,9H,7,11H2,1H3,(H,12,13)/t9-/m0/s1. The summed E-state index contributed by atoms with van der Waals surface area (Å²) < 4.78 is 0.